The van der Waals surface area contributed by atoms with Crippen LogP contribution in [0.3, 0.4) is 0 Å². The van der Waals surface area contributed by atoms with Crippen LogP contribution in [-0.2, 0) is 11.2 Å². The summed E-state index contributed by atoms with van der Waals surface area (Å²) in [6, 6.07) is 10.4. The monoisotopic (exact) mass is 443 g/mol. The molecule has 0 aromatic heterocycles. The van der Waals surface area contributed by atoms with Crippen LogP contribution in [0.2, 0.25) is 0 Å². The smallest absolute Gasteiger partial charge is 0.311 e. The zero-order valence-electron chi connectivity index (χ0n) is 18.7. The van der Waals surface area contributed by atoms with Crippen LogP contribution in [0.15, 0.2) is 42.6 Å². The minimum atomic E-state index is -0.554. The third-order valence-corrected chi connectivity index (χ3v) is 4.48. The summed E-state index contributed by atoms with van der Waals surface area (Å²) in [5.74, 6) is 1.51. The number of carbonyl (C=O) groups excluding carboxylic acids is 1. The van der Waals surface area contributed by atoms with Crippen LogP contribution in [0.1, 0.15) is 44.2 Å². The number of unbranched alkanes of at least 4 members (excludes halogenated alkanes) is 1. The molecule has 0 N–H and O–H groups in total. The van der Waals surface area contributed by atoms with Crippen molar-refractivity contribution in [3.8, 4) is 23.0 Å². The van der Waals surface area contributed by atoms with E-state index in [0.29, 0.717) is 42.4 Å². The van der Waals surface area contributed by atoms with Gasteiger partial charge in [0.1, 0.15) is 0 Å². The van der Waals surface area contributed by atoms with E-state index in [9.17, 15) is 14.9 Å². The molecule has 0 heterocycles. The minimum absolute atomic E-state index is 0.160. The summed E-state index contributed by atoms with van der Waals surface area (Å²) < 4.78 is 22.1. The number of methoxy groups -OCH3 is 1. The lowest BCUT2D eigenvalue weighted by atomic mass is 10.1. The van der Waals surface area contributed by atoms with Crippen molar-refractivity contribution in [2.45, 2.75) is 39.5 Å². The van der Waals surface area contributed by atoms with Gasteiger partial charge in [0.15, 0.2) is 23.0 Å². The first-order chi connectivity index (χ1) is 15.5. The van der Waals surface area contributed by atoms with Gasteiger partial charge in [-0.25, -0.2) is 0 Å². The SMILES string of the molecule is CCCCOc1ccc(CCC(=O)Oc2ccc(/C=C/[N+](=O)[O-])cc2OC)cc1OCC. The summed E-state index contributed by atoms with van der Waals surface area (Å²) in [7, 11) is 1.44. The van der Waals surface area contributed by atoms with Crippen molar-refractivity contribution in [2.24, 2.45) is 0 Å². The largest absolute Gasteiger partial charge is 0.493 e. The Bertz CT molecular complexity index is 940. The number of benzene rings is 2. The predicted octanol–water partition coefficient (Wildman–Crippen LogP) is 5.06. The molecular weight excluding hydrogens is 414 g/mol. The number of hydrogen-bond acceptors (Lipinski definition) is 7. The quantitative estimate of drug-likeness (QED) is 0.140. The van der Waals surface area contributed by atoms with Crippen molar-refractivity contribution < 1.29 is 28.7 Å². The second kappa shape index (κ2) is 13.0. The van der Waals surface area contributed by atoms with Crippen LogP contribution >= 0.6 is 0 Å². The van der Waals surface area contributed by atoms with E-state index in [4.69, 9.17) is 18.9 Å². The van der Waals surface area contributed by atoms with Crippen LogP contribution in [0.25, 0.3) is 6.08 Å². The number of esters is 1. The lowest BCUT2D eigenvalue weighted by Crippen LogP contribution is -2.10. The van der Waals surface area contributed by atoms with Crippen LogP contribution in [0.4, 0.5) is 0 Å². The number of nitro groups is 1. The molecule has 0 saturated heterocycles. The molecule has 0 atom stereocenters. The first-order valence-corrected chi connectivity index (χ1v) is 10.6. The van der Waals surface area contributed by atoms with E-state index in [2.05, 4.69) is 6.92 Å². The van der Waals surface area contributed by atoms with Crippen molar-refractivity contribution >= 4 is 12.0 Å². The third-order valence-electron chi connectivity index (χ3n) is 4.48. The lowest BCUT2D eigenvalue weighted by molar-refractivity contribution is -0.400. The number of aryl methyl sites for hydroxylation is 1. The van der Waals surface area contributed by atoms with Crippen molar-refractivity contribution in [2.75, 3.05) is 20.3 Å². The average molecular weight is 443 g/mol. The Morgan fingerprint density at radius 1 is 1.03 bits per heavy atom. The molecule has 32 heavy (non-hydrogen) atoms. The van der Waals surface area contributed by atoms with Crippen molar-refractivity contribution in [3.05, 3.63) is 63.8 Å². The lowest BCUT2D eigenvalue weighted by Gasteiger charge is -2.13. The summed E-state index contributed by atoms with van der Waals surface area (Å²) in [6.45, 7) is 5.16. The fourth-order valence-corrected chi connectivity index (χ4v) is 2.86. The van der Waals surface area contributed by atoms with Gasteiger partial charge in [-0.2, -0.15) is 0 Å². The summed E-state index contributed by atoms with van der Waals surface area (Å²) in [4.78, 5) is 22.3. The number of hydrogen-bond donors (Lipinski definition) is 0. The molecule has 0 spiro atoms. The van der Waals surface area contributed by atoms with Crippen LogP contribution in [0, 0.1) is 10.1 Å². The van der Waals surface area contributed by atoms with Crippen molar-refractivity contribution in [1.29, 1.82) is 0 Å². The summed E-state index contributed by atoms with van der Waals surface area (Å²) in [5.41, 5.74) is 1.49. The van der Waals surface area contributed by atoms with Crippen LogP contribution < -0.4 is 18.9 Å². The van der Waals surface area contributed by atoms with Gasteiger partial charge in [0.25, 0.3) is 0 Å². The summed E-state index contributed by atoms with van der Waals surface area (Å²) >= 11 is 0. The molecule has 0 amide bonds. The molecule has 0 unspecified atom stereocenters. The fraction of sp³-hybridized carbons (Fsp3) is 0.375. The normalized spacial score (nSPS) is 10.7. The molecular formula is C24H29NO7. The highest BCUT2D eigenvalue weighted by Crippen LogP contribution is 2.31. The first kappa shape index (κ1) is 24.7. The average Bonchev–Trinajstić information content (AvgIpc) is 2.78. The van der Waals surface area contributed by atoms with Crippen molar-refractivity contribution in [3.63, 3.8) is 0 Å². The molecule has 0 bridgehead atoms. The molecule has 0 radical (unpaired) electrons. The second-order valence-corrected chi connectivity index (χ2v) is 6.90. The van der Waals surface area contributed by atoms with Crippen molar-refractivity contribution in [1.82, 2.24) is 0 Å². The van der Waals surface area contributed by atoms with Gasteiger partial charge in [-0.1, -0.05) is 25.5 Å². The highest BCUT2D eigenvalue weighted by atomic mass is 16.6. The number of nitrogens with zero attached hydrogens (tertiary/aromatic N) is 1. The zero-order valence-corrected chi connectivity index (χ0v) is 18.7. The third kappa shape index (κ3) is 7.94. The molecule has 0 aliphatic carbocycles. The maximum Gasteiger partial charge on any atom is 0.311 e. The highest BCUT2D eigenvalue weighted by molar-refractivity contribution is 5.74. The van der Waals surface area contributed by atoms with E-state index in [1.165, 1.54) is 13.2 Å². The molecule has 8 heteroatoms. The molecule has 2 aromatic carbocycles. The Kier molecular flexibility index (Phi) is 10.0. The van der Waals surface area contributed by atoms with Gasteiger partial charge in [0.05, 0.1) is 25.2 Å². The van der Waals surface area contributed by atoms with Gasteiger partial charge >= 0.3 is 5.97 Å². The van der Waals surface area contributed by atoms with Gasteiger partial charge in [-0.3, -0.25) is 14.9 Å². The number of ether oxygens (including phenoxy) is 4. The van der Waals surface area contributed by atoms with Crippen LogP contribution in [-0.4, -0.2) is 31.2 Å². The van der Waals surface area contributed by atoms with Gasteiger partial charge in [-0.05, 0) is 55.2 Å². The van der Waals surface area contributed by atoms with E-state index in [1.807, 2.05) is 25.1 Å². The molecule has 0 fully saturated rings. The second-order valence-electron chi connectivity index (χ2n) is 6.90. The Hall–Kier alpha value is -3.55. The minimum Gasteiger partial charge on any atom is -0.493 e. The first-order valence-electron chi connectivity index (χ1n) is 10.6. The molecule has 0 aliphatic rings. The van der Waals surface area contributed by atoms with E-state index in [0.717, 1.165) is 24.6 Å². The topological polar surface area (TPSA) is 97.1 Å². The summed E-state index contributed by atoms with van der Waals surface area (Å²) in [5, 5.41) is 10.5. The van der Waals surface area contributed by atoms with E-state index >= 15 is 0 Å². The van der Waals surface area contributed by atoms with Gasteiger partial charge < -0.3 is 18.9 Å². The molecule has 0 aliphatic heterocycles. The standard InChI is InChI=1S/C24H29NO7/c1-4-6-15-31-20-10-7-18(17-23(20)30-5-2)9-12-24(26)32-21-11-8-19(13-14-25(27)28)16-22(21)29-3/h7-8,10-11,13-14,16-17H,4-6,9,12,15H2,1-3H3/b14-13+. The van der Waals surface area contributed by atoms with Gasteiger partial charge in [0, 0.05) is 12.5 Å². The molecule has 172 valence electrons. The zero-order chi connectivity index (χ0) is 23.3. The van der Waals surface area contributed by atoms with Crippen LogP contribution in [0.5, 0.6) is 23.0 Å². The number of carbonyl (C=O) groups is 1. The molecule has 2 rings (SSSR count). The highest BCUT2D eigenvalue weighted by Gasteiger charge is 2.13. The Labute approximate surface area is 187 Å². The van der Waals surface area contributed by atoms with E-state index in [-0.39, 0.29) is 12.2 Å². The molecule has 2 aromatic rings. The fourth-order valence-electron chi connectivity index (χ4n) is 2.86. The molecule has 0 saturated carbocycles. The Morgan fingerprint density at radius 3 is 2.50 bits per heavy atom. The predicted molar refractivity (Wildman–Crippen MR) is 121 cm³/mol. The number of rotatable bonds is 13. The maximum absolute atomic E-state index is 12.4. The maximum atomic E-state index is 12.4. The Balaban J connectivity index is 2.00. The Morgan fingerprint density at radius 2 is 1.81 bits per heavy atom. The van der Waals surface area contributed by atoms with Gasteiger partial charge in [-0.15, -0.1) is 0 Å². The van der Waals surface area contributed by atoms with Gasteiger partial charge in [0.2, 0.25) is 6.20 Å². The van der Waals surface area contributed by atoms with E-state index in [1.54, 1.807) is 18.2 Å². The summed E-state index contributed by atoms with van der Waals surface area (Å²) in [6.07, 6.45) is 4.81. The molecule has 8 nitrogen and oxygen atoms in total. The van der Waals surface area contributed by atoms with E-state index < -0.39 is 10.9 Å².